The predicted molar refractivity (Wildman–Crippen MR) is 109 cm³/mol. The molecule has 6 heteroatoms. The molecule has 26 heavy (non-hydrogen) atoms. The number of fused-ring (bicyclic) bond motifs is 1. The Hall–Kier alpha value is -2.05. The third-order valence-corrected chi connectivity index (χ3v) is 6.10. The van der Waals surface area contributed by atoms with Crippen LogP contribution in [0.15, 0.2) is 29.6 Å². The van der Waals surface area contributed by atoms with Gasteiger partial charge < -0.3 is 20.2 Å². The molecule has 1 aliphatic rings. The first-order valence-corrected chi connectivity index (χ1v) is 9.92. The smallest absolute Gasteiger partial charge is 0.348 e. The van der Waals surface area contributed by atoms with Crippen LogP contribution in [0.25, 0.3) is 0 Å². The van der Waals surface area contributed by atoms with Crippen LogP contribution in [0.2, 0.25) is 0 Å². The Balaban J connectivity index is 1.73. The van der Waals surface area contributed by atoms with Crippen molar-refractivity contribution in [3.63, 3.8) is 0 Å². The summed E-state index contributed by atoms with van der Waals surface area (Å²) in [5.41, 5.74) is 4.44. The maximum absolute atomic E-state index is 11.4. The van der Waals surface area contributed by atoms with Crippen LogP contribution in [0, 0.1) is 6.92 Å². The number of benzene rings is 1. The van der Waals surface area contributed by atoms with Crippen molar-refractivity contribution in [2.24, 2.45) is 0 Å². The minimum atomic E-state index is -0.862. The van der Waals surface area contributed by atoms with Gasteiger partial charge in [0.05, 0.1) is 5.69 Å². The molecule has 0 radical (unpaired) electrons. The van der Waals surface area contributed by atoms with E-state index < -0.39 is 5.97 Å². The molecule has 1 aromatic carbocycles. The van der Waals surface area contributed by atoms with Crippen molar-refractivity contribution < 1.29 is 9.90 Å². The zero-order valence-corrected chi connectivity index (χ0v) is 16.5. The fourth-order valence-corrected chi connectivity index (χ4v) is 4.58. The summed E-state index contributed by atoms with van der Waals surface area (Å²) in [6.45, 7) is 4.55. The van der Waals surface area contributed by atoms with Crippen LogP contribution in [-0.4, -0.2) is 49.7 Å². The number of carbonyl (C=O) groups is 1. The van der Waals surface area contributed by atoms with E-state index in [2.05, 4.69) is 53.5 Å². The Bertz CT molecular complexity index is 772. The Morgan fingerprint density at radius 2 is 2.15 bits per heavy atom. The van der Waals surface area contributed by atoms with E-state index in [9.17, 15) is 9.90 Å². The number of nitrogens with zero attached hydrogens (tertiary/aromatic N) is 2. The first-order valence-electron chi connectivity index (χ1n) is 9.04. The molecule has 0 amide bonds. The molecule has 1 aliphatic heterocycles. The van der Waals surface area contributed by atoms with Gasteiger partial charge in [-0.2, -0.15) is 0 Å². The molecule has 1 aromatic heterocycles. The van der Waals surface area contributed by atoms with Crippen LogP contribution in [0.1, 0.15) is 39.7 Å². The fraction of sp³-hybridized carbons (Fsp3) is 0.450. The van der Waals surface area contributed by atoms with E-state index in [-0.39, 0.29) is 0 Å². The number of carboxylic acid groups (broad SMARTS) is 1. The average molecular weight is 374 g/mol. The topological polar surface area (TPSA) is 55.8 Å². The van der Waals surface area contributed by atoms with Gasteiger partial charge in [-0.25, -0.2) is 4.79 Å². The second kappa shape index (κ2) is 8.10. The molecule has 2 aromatic rings. The van der Waals surface area contributed by atoms with Crippen LogP contribution < -0.4 is 10.2 Å². The molecule has 5 nitrogen and oxygen atoms in total. The normalized spacial score (nSPS) is 17.1. The lowest BCUT2D eigenvalue weighted by molar-refractivity contribution is 0.0703. The fourth-order valence-electron chi connectivity index (χ4n) is 3.71. The molecular formula is C20H27N3O2S. The number of nitrogens with one attached hydrogen (secondary N) is 1. The summed E-state index contributed by atoms with van der Waals surface area (Å²) >= 11 is 1.28. The zero-order valence-electron chi connectivity index (χ0n) is 15.7. The monoisotopic (exact) mass is 373 g/mol. The van der Waals surface area contributed by atoms with E-state index in [1.54, 1.807) is 0 Å². The summed E-state index contributed by atoms with van der Waals surface area (Å²) in [5, 5.41) is 14.6. The van der Waals surface area contributed by atoms with Gasteiger partial charge in [-0.05, 0) is 56.4 Å². The third kappa shape index (κ3) is 3.86. The van der Waals surface area contributed by atoms with Crippen LogP contribution >= 0.6 is 11.3 Å². The maximum Gasteiger partial charge on any atom is 0.348 e. The molecule has 0 saturated heterocycles. The lowest BCUT2D eigenvalue weighted by Gasteiger charge is -2.28. The van der Waals surface area contributed by atoms with Crippen molar-refractivity contribution in [3.8, 4) is 0 Å². The van der Waals surface area contributed by atoms with E-state index in [0.29, 0.717) is 10.9 Å². The second-order valence-electron chi connectivity index (χ2n) is 7.02. The molecular weight excluding hydrogens is 346 g/mol. The number of rotatable bonds is 6. The van der Waals surface area contributed by atoms with Gasteiger partial charge >= 0.3 is 5.97 Å². The molecule has 0 aliphatic carbocycles. The molecule has 1 atom stereocenters. The quantitative estimate of drug-likeness (QED) is 0.799. The molecule has 0 fully saturated rings. The van der Waals surface area contributed by atoms with E-state index in [1.165, 1.54) is 22.6 Å². The van der Waals surface area contributed by atoms with Gasteiger partial charge in [-0.1, -0.05) is 18.2 Å². The number of thiophene rings is 1. The first kappa shape index (κ1) is 18.7. The molecule has 0 bridgehead atoms. The molecule has 0 spiro atoms. The van der Waals surface area contributed by atoms with E-state index in [1.807, 2.05) is 12.3 Å². The van der Waals surface area contributed by atoms with Gasteiger partial charge in [0.15, 0.2) is 0 Å². The predicted octanol–water partition coefficient (Wildman–Crippen LogP) is 4.07. The molecule has 2 N–H and O–H groups in total. The van der Waals surface area contributed by atoms with Crippen molar-refractivity contribution in [1.82, 2.24) is 4.90 Å². The first-order chi connectivity index (χ1) is 12.5. The van der Waals surface area contributed by atoms with E-state index in [4.69, 9.17) is 0 Å². The van der Waals surface area contributed by atoms with Crippen molar-refractivity contribution in [2.75, 3.05) is 43.9 Å². The average Bonchev–Trinajstić information content (AvgIpc) is 2.87. The lowest BCUT2D eigenvalue weighted by atomic mass is 10.0. The molecule has 140 valence electrons. The molecule has 3 rings (SSSR count). The summed E-state index contributed by atoms with van der Waals surface area (Å²) in [6.07, 6.45) is 2.30. The van der Waals surface area contributed by atoms with Crippen LogP contribution in [-0.2, 0) is 0 Å². The van der Waals surface area contributed by atoms with Crippen molar-refractivity contribution >= 4 is 28.7 Å². The van der Waals surface area contributed by atoms with E-state index in [0.717, 1.165) is 43.7 Å². The van der Waals surface area contributed by atoms with Crippen LogP contribution in [0.4, 0.5) is 11.4 Å². The van der Waals surface area contributed by atoms with Gasteiger partial charge in [-0.3, -0.25) is 0 Å². The van der Waals surface area contributed by atoms with Crippen molar-refractivity contribution in [2.45, 2.75) is 25.8 Å². The summed E-state index contributed by atoms with van der Waals surface area (Å²) in [5.74, 6) is -0.862. The molecule has 2 heterocycles. The third-order valence-electron chi connectivity index (χ3n) is 5.02. The van der Waals surface area contributed by atoms with Crippen LogP contribution in [0.5, 0.6) is 0 Å². The summed E-state index contributed by atoms with van der Waals surface area (Å²) < 4.78 is 0. The number of carboxylic acids is 1. The van der Waals surface area contributed by atoms with E-state index >= 15 is 0 Å². The summed E-state index contributed by atoms with van der Waals surface area (Å²) in [6, 6.07) is 9.10. The molecule has 0 saturated carbocycles. The number of hydrogen-bond acceptors (Lipinski definition) is 5. The highest BCUT2D eigenvalue weighted by Crippen LogP contribution is 2.35. The van der Waals surface area contributed by atoms with Crippen LogP contribution in [0.3, 0.4) is 0 Å². The number of hydrogen-bond donors (Lipinski definition) is 2. The lowest BCUT2D eigenvalue weighted by Crippen LogP contribution is -2.30. The Kier molecular flexibility index (Phi) is 5.84. The number of aryl methyl sites for hydroxylation is 1. The largest absolute Gasteiger partial charge is 0.477 e. The number of aromatic carboxylic acids is 1. The molecule has 1 unspecified atom stereocenters. The van der Waals surface area contributed by atoms with Gasteiger partial charge in [0.2, 0.25) is 0 Å². The summed E-state index contributed by atoms with van der Waals surface area (Å²) in [4.78, 5) is 16.5. The zero-order chi connectivity index (χ0) is 18.7. The highest BCUT2D eigenvalue weighted by atomic mass is 32.1. The highest BCUT2D eigenvalue weighted by molar-refractivity contribution is 7.12. The standard InChI is InChI=1S/C20H27N3O2S/c1-14-13-26-19(20(24)25)18(14)21-10-12-23-11-6-9-16(22(2)3)15-7-4-5-8-17(15)23/h4-5,7-8,13,16,21H,6,9-12H2,1-3H3,(H,24,25). The van der Waals surface area contributed by atoms with Gasteiger partial charge in [0.25, 0.3) is 0 Å². The minimum Gasteiger partial charge on any atom is -0.477 e. The Labute approximate surface area is 159 Å². The minimum absolute atomic E-state index is 0.395. The highest BCUT2D eigenvalue weighted by Gasteiger charge is 2.24. The van der Waals surface area contributed by atoms with Gasteiger partial charge in [0, 0.05) is 31.4 Å². The SMILES string of the molecule is Cc1csc(C(=O)O)c1NCCN1CCCC(N(C)C)c2ccccc21. The number of anilines is 2. The Morgan fingerprint density at radius 1 is 1.38 bits per heavy atom. The van der Waals surface area contributed by atoms with Gasteiger partial charge in [0.1, 0.15) is 4.88 Å². The van der Waals surface area contributed by atoms with Crippen molar-refractivity contribution in [3.05, 3.63) is 45.6 Å². The number of para-hydroxylation sites is 1. The van der Waals surface area contributed by atoms with Crippen molar-refractivity contribution in [1.29, 1.82) is 0 Å². The maximum atomic E-state index is 11.4. The summed E-state index contributed by atoms with van der Waals surface area (Å²) in [7, 11) is 4.29. The van der Waals surface area contributed by atoms with Gasteiger partial charge in [-0.15, -0.1) is 11.3 Å². The second-order valence-corrected chi connectivity index (χ2v) is 7.90. The Morgan fingerprint density at radius 3 is 2.88 bits per heavy atom.